The number of carbonyl (C=O) groups excluding carboxylic acids is 1. The Labute approximate surface area is 118 Å². The average molecular weight is 276 g/mol. The van der Waals surface area contributed by atoms with E-state index in [2.05, 4.69) is 10.6 Å². The van der Waals surface area contributed by atoms with Crippen molar-refractivity contribution in [2.45, 2.75) is 32.2 Å². The molecule has 20 heavy (non-hydrogen) atoms. The number of rotatable bonds is 7. The van der Waals surface area contributed by atoms with Crippen LogP contribution < -0.4 is 10.6 Å². The first kappa shape index (κ1) is 14.5. The number of anilines is 1. The zero-order valence-electron chi connectivity index (χ0n) is 11.6. The lowest BCUT2D eigenvalue weighted by atomic mass is 9.99. The van der Waals surface area contributed by atoms with Gasteiger partial charge in [0.1, 0.15) is 0 Å². The van der Waals surface area contributed by atoms with Gasteiger partial charge >= 0.3 is 5.97 Å². The highest BCUT2D eigenvalue weighted by atomic mass is 16.4. The fourth-order valence-corrected chi connectivity index (χ4v) is 2.44. The molecule has 1 heterocycles. The summed E-state index contributed by atoms with van der Waals surface area (Å²) in [6.07, 6.45) is 1.62. The second-order valence-electron chi connectivity index (χ2n) is 4.97. The number of nitrogens with one attached hydrogen (secondary N) is 2. The van der Waals surface area contributed by atoms with Gasteiger partial charge in [0.15, 0.2) is 5.78 Å². The maximum Gasteiger partial charge on any atom is 0.304 e. The minimum absolute atomic E-state index is 0.0257. The fraction of sp³-hybridized carbons (Fsp3) is 0.467. The molecule has 108 valence electrons. The van der Waals surface area contributed by atoms with E-state index in [1.807, 2.05) is 25.1 Å². The highest BCUT2D eigenvalue weighted by molar-refractivity contribution is 6.00. The van der Waals surface area contributed by atoms with Crippen molar-refractivity contribution in [3.8, 4) is 0 Å². The molecular formula is C15H20N2O3. The minimum atomic E-state index is -0.858. The molecular weight excluding hydrogens is 256 g/mol. The maximum atomic E-state index is 12.4. The standard InChI is InChI=1S/C15H20N2O3/c1-2-12(16-8-6-14(18)19)15(20)11-3-4-13-10(9-11)5-7-17-13/h3-4,9,12,16-17H,2,5-8H2,1H3,(H,18,19). The summed E-state index contributed by atoms with van der Waals surface area (Å²) in [5, 5.41) is 14.9. The SMILES string of the molecule is CCC(NCCC(=O)O)C(=O)c1ccc2c(c1)CCN2. The van der Waals surface area contributed by atoms with Crippen LogP contribution >= 0.6 is 0 Å². The second kappa shape index (κ2) is 6.52. The van der Waals surface area contributed by atoms with Gasteiger partial charge in [0.05, 0.1) is 12.5 Å². The van der Waals surface area contributed by atoms with Crippen molar-refractivity contribution >= 4 is 17.4 Å². The molecule has 0 fully saturated rings. The van der Waals surface area contributed by atoms with Crippen LogP contribution in [0.25, 0.3) is 0 Å². The second-order valence-corrected chi connectivity index (χ2v) is 4.97. The molecule has 2 rings (SSSR count). The van der Waals surface area contributed by atoms with Gasteiger partial charge in [-0.15, -0.1) is 0 Å². The summed E-state index contributed by atoms with van der Waals surface area (Å²) >= 11 is 0. The van der Waals surface area contributed by atoms with E-state index in [1.54, 1.807) is 0 Å². The van der Waals surface area contributed by atoms with E-state index in [9.17, 15) is 9.59 Å². The van der Waals surface area contributed by atoms with Crippen LogP contribution in [0.15, 0.2) is 18.2 Å². The first-order chi connectivity index (χ1) is 9.61. The molecule has 5 heteroatoms. The van der Waals surface area contributed by atoms with Crippen molar-refractivity contribution in [1.82, 2.24) is 5.32 Å². The zero-order valence-corrected chi connectivity index (χ0v) is 11.6. The molecule has 1 aliphatic rings. The molecule has 0 amide bonds. The summed E-state index contributed by atoms with van der Waals surface area (Å²) in [6.45, 7) is 3.15. The van der Waals surface area contributed by atoms with E-state index >= 15 is 0 Å². The molecule has 0 aromatic heterocycles. The van der Waals surface area contributed by atoms with Gasteiger partial charge in [0, 0.05) is 24.3 Å². The molecule has 3 N–H and O–H groups in total. The third-order valence-electron chi connectivity index (χ3n) is 3.55. The monoisotopic (exact) mass is 276 g/mol. The lowest BCUT2D eigenvalue weighted by Crippen LogP contribution is -2.37. The Morgan fingerprint density at radius 1 is 1.45 bits per heavy atom. The number of carboxylic acid groups (broad SMARTS) is 1. The number of ketones is 1. The summed E-state index contributed by atoms with van der Waals surface area (Å²) in [5.74, 6) is -0.823. The normalized spacial score (nSPS) is 14.4. The Hall–Kier alpha value is -1.88. The van der Waals surface area contributed by atoms with Crippen molar-refractivity contribution in [3.05, 3.63) is 29.3 Å². The molecule has 1 aromatic carbocycles. The summed E-state index contributed by atoms with van der Waals surface area (Å²) in [4.78, 5) is 22.9. The highest BCUT2D eigenvalue weighted by Crippen LogP contribution is 2.23. The Morgan fingerprint density at radius 2 is 2.25 bits per heavy atom. The third kappa shape index (κ3) is 3.36. The minimum Gasteiger partial charge on any atom is -0.481 e. The number of fused-ring (bicyclic) bond motifs is 1. The smallest absolute Gasteiger partial charge is 0.304 e. The van der Waals surface area contributed by atoms with Gasteiger partial charge in [0.25, 0.3) is 0 Å². The van der Waals surface area contributed by atoms with Crippen molar-refractivity contribution in [1.29, 1.82) is 0 Å². The van der Waals surface area contributed by atoms with Crippen LogP contribution in [0.1, 0.15) is 35.7 Å². The zero-order chi connectivity index (χ0) is 14.5. The van der Waals surface area contributed by atoms with Crippen molar-refractivity contribution < 1.29 is 14.7 Å². The van der Waals surface area contributed by atoms with E-state index in [4.69, 9.17) is 5.11 Å². The Morgan fingerprint density at radius 3 is 2.95 bits per heavy atom. The van der Waals surface area contributed by atoms with Crippen molar-refractivity contribution in [2.75, 3.05) is 18.4 Å². The van der Waals surface area contributed by atoms with Gasteiger partial charge in [0.2, 0.25) is 0 Å². The number of hydrogen-bond donors (Lipinski definition) is 3. The van der Waals surface area contributed by atoms with Crippen molar-refractivity contribution in [3.63, 3.8) is 0 Å². The largest absolute Gasteiger partial charge is 0.481 e. The summed E-state index contributed by atoms with van der Waals surface area (Å²) < 4.78 is 0. The summed E-state index contributed by atoms with van der Waals surface area (Å²) in [6, 6.07) is 5.40. The highest BCUT2D eigenvalue weighted by Gasteiger charge is 2.20. The molecule has 0 spiro atoms. The number of carboxylic acids is 1. The maximum absolute atomic E-state index is 12.4. The third-order valence-corrected chi connectivity index (χ3v) is 3.55. The lowest BCUT2D eigenvalue weighted by molar-refractivity contribution is -0.136. The van der Waals surface area contributed by atoms with Crippen LogP contribution in [0.5, 0.6) is 0 Å². The van der Waals surface area contributed by atoms with E-state index in [0.29, 0.717) is 18.5 Å². The van der Waals surface area contributed by atoms with Gasteiger partial charge in [-0.3, -0.25) is 9.59 Å². The van der Waals surface area contributed by atoms with Crippen LogP contribution in [0.3, 0.4) is 0 Å². The number of Topliss-reactive ketones (excluding diaryl/α,β-unsaturated/α-hetero) is 1. The predicted octanol–water partition coefficient (Wildman–Crippen LogP) is 1.68. The molecule has 0 aliphatic carbocycles. The Kier molecular flexibility index (Phi) is 4.74. The van der Waals surface area contributed by atoms with Crippen LogP contribution in [-0.4, -0.2) is 36.0 Å². The Bertz CT molecular complexity index is 514. The molecule has 1 aliphatic heterocycles. The van der Waals surface area contributed by atoms with Crippen LogP contribution in [0.2, 0.25) is 0 Å². The fourth-order valence-electron chi connectivity index (χ4n) is 2.44. The van der Waals surface area contributed by atoms with Crippen LogP contribution in [-0.2, 0) is 11.2 Å². The van der Waals surface area contributed by atoms with Gasteiger partial charge in [-0.2, -0.15) is 0 Å². The van der Waals surface area contributed by atoms with Gasteiger partial charge in [-0.25, -0.2) is 0 Å². The molecule has 1 atom stereocenters. The Balaban J connectivity index is 2.02. The summed E-state index contributed by atoms with van der Waals surface area (Å²) in [7, 11) is 0. The van der Waals surface area contributed by atoms with Crippen molar-refractivity contribution in [2.24, 2.45) is 0 Å². The molecule has 0 radical (unpaired) electrons. The number of aliphatic carboxylic acids is 1. The predicted molar refractivity (Wildman–Crippen MR) is 77.3 cm³/mol. The first-order valence-corrected chi connectivity index (χ1v) is 6.98. The average Bonchev–Trinajstić information content (AvgIpc) is 2.90. The number of benzene rings is 1. The lowest BCUT2D eigenvalue weighted by Gasteiger charge is -2.15. The van der Waals surface area contributed by atoms with Gasteiger partial charge in [-0.05, 0) is 36.6 Å². The van der Waals surface area contributed by atoms with Gasteiger partial charge < -0.3 is 15.7 Å². The molecule has 1 aromatic rings. The van der Waals surface area contributed by atoms with E-state index in [1.165, 1.54) is 5.56 Å². The first-order valence-electron chi connectivity index (χ1n) is 6.98. The van der Waals surface area contributed by atoms with E-state index in [-0.39, 0.29) is 18.2 Å². The van der Waals surface area contributed by atoms with E-state index < -0.39 is 5.97 Å². The molecule has 0 saturated heterocycles. The van der Waals surface area contributed by atoms with Crippen LogP contribution in [0.4, 0.5) is 5.69 Å². The molecule has 0 saturated carbocycles. The van der Waals surface area contributed by atoms with Crippen LogP contribution in [0, 0.1) is 0 Å². The summed E-state index contributed by atoms with van der Waals surface area (Å²) in [5.41, 5.74) is 2.98. The molecule has 5 nitrogen and oxygen atoms in total. The molecule has 1 unspecified atom stereocenters. The van der Waals surface area contributed by atoms with Gasteiger partial charge in [-0.1, -0.05) is 6.92 Å². The number of hydrogen-bond acceptors (Lipinski definition) is 4. The quantitative estimate of drug-likeness (QED) is 0.660. The molecule has 0 bridgehead atoms. The van der Waals surface area contributed by atoms with E-state index in [0.717, 1.165) is 18.7 Å². The topological polar surface area (TPSA) is 78.4 Å². The number of carbonyl (C=O) groups is 2.